The summed E-state index contributed by atoms with van der Waals surface area (Å²) in [6.07, 6.45) is 0.383. The normalized spacial score (nSPS) is 17.5. The van der Waals surface area contributed by atoms with Gasteiger partial charge in [0.05, 0.1) is 18.8 Å². The summed E-state index contributed by atoms with van der Waals surface area (Å²) in [5, 5.41) is 0. The third-order valence-corrected chi connectivity index (χ3v) is 4.31. The number of nitrogens with two attached hydrogens (primary N) is 1. The Morgan fingerprint density at radius 2 is 2.20 bits per heavy atom. The van der Waals surface area contributed by atoms with Crippen molar-refractivity contribution in [1.29, 1.82) is 0 Å². The molecule has 0 bridgehead atoms. The predicted octanol–water partition coefficient (Wildman–Crippen LogP) is 2.64. The molecule has 1 aliphatic heterocycles. The summed E-state index contributed by atoms with van der Waals surface area (Å²) < 4.78 is 19.4. The van der Waals surface area contributed by atoms with E-state index in [4.69, 9.17) is 10.5 Å². The SMILES string of the molecule is Cc1cc(N)cc([C@@H]2CN(C(=O)CCc3ccccc3F)CCO2)n1. The topological polar surface area (TPSA) is 68.5 Å². The van der Waals surface area contributed by atoms with Crippen LogP contribution in [0.25, 0.3) is 0 Å². The van der Waals surface area contributed by atoms with E-state index in [1.165, 1.54) is 6.07 Å². The molecule has 2 aromatic rings. The lowest BCUT2D eigenvalue weighted by molar-refractivity contribution is -0.139. The molecule has 1 aromatic carbocycles. The average molecular weight is 343 g/mol. The third-order valence-electron chi connectivity index (χ3n) is 4.31. The molecule has 2 N–H and O–H groups in total. The zero-order chi connectivity index (χ0) is 17.8. The standard InChI is InChI=1S/C19H22FN3O2/c1-13-10-15(21)11-17(22-13)18-12-23(8-9-25-18)19(24)7-6-14-4-2-3-5-16(14)20/h2-5,10-11,18H,6-9,12H2,1H3,(H2,21,22)/t18-/m0/s1. The van der Waals surface area contributed by atoms with Crippen molar-refractivity contribution in [3.63, 3.8) is 0 Å². The Morgan fingerprint density at radius 3 is 2.96 bits per heavy atom. The maximum atomic E-state index is 13.7. The molecule has 6 heteroatoms. The lowest BCUT2D eigenvalue weighted by Crippen LogP contribution is -2.42. The van der Waals surface area contributed by atoms with E-state index in [0.29, 0.717) is 37.4 Å². The van der Waals surface area contributed by atoms with Gasteiger partial charge in [-0.1, -0.05) is 18.2 Å². The van der Waals surface area contributed by atoms with Crippen LogP contribution in [0.5, 0.6) is 0 Å². The van der Waals surface area contributed by atoms with Gasteiger partial charge >= 0.3 is 0 Å². The Bertz CT molecular complexity index is 746. The Kier molecular flexibility index (Phi) is 5.28. The summed E-state index contributed by atoms with van der Waals surface area (Å²) in [5.41, 5.74) is 8.63. The zero-order valence-electron chi connectivity index (χ0n) is 14.2. The number of ether oxygens (including phenoxy) is 1. The maximum absolute atomic E-state index is 13.7. The summed E-state index contributed by atoms with van der Waals surface area (Å²) in [6, 6.07) is 10.1. The molecule has 1 aliphatic rings. The van der Waals surface area contributed by atoms with Gasteiger partial charge in [-0.2, -0.15) is 0 Å². The third kappa shape index (κ3) is 4.33. The van der Waals surface area contributed by atoms with E-state index in [-0.39, 0.29) is 24.2 Å². The van der Waals surface area contributed by atoms with Crippen LogP contribution in [-0.4, -0.2) is 35.5 Å². The molecule has 0 unspecified atom stereocenters. The lowest BCUT2D eigenvalue weighted by atomic mass is 10.1. The molecule has 0 radical (unpaired) electrons. The van der Waals surface area contributed by atoms with Gasteiger partial charge in [0.15, 0.2) is 0 Å². The van der Waals surface area contributed by atoms with Crippen molar-refractivity contribution in [3.05, 3.63) is 59.2 Å². The highest BCUT2D eigenvalue weighted by atomic mass is 19.1. The van der Waals surface area contributed by atoms with Crippen LogP contribution < -0.4 is 5.73 Å². The van der Waals surface area contributed by atoms with Crippen LogP contribution in [0.3, 0.4) is 0 Å². The Balaban J connectivity index is 1.62. The number of benzene rings is 1. The Labute approximate surface area is 146 Å². The largest absolute Gasteiger partial charge is 0.399 e. The molecule has 0 spiro atoms. The molecule has 0 aliphatic carbocycles. The van der Waals surface area contributed by atoms with Crippen molar-refractivity contribution in [3.8, 4) is 0 Å². The molecule has 1 aromatic heterocycles. The van der Waals surface area contributed by atoms with Gasteiger partial charge in [0.1, 0.15) is 11.9 Å². The molecule has 132 valence electrons. The number of amides is 1. The van der Waals surface area contributed by atoms with Crippen LogP contribution in [0.15, 0.2) is 36.4 Å². The fraction of sp³-hybridized carbons (Fsp3) is 0.368. The molecule has 5 nitrogen and oxygen atoms in total. The Morgan fingerprint density at radius 1 is 1.40 bits per heavy atom. The number of carbonyl (C=O) groups is 1. The molecule has 1 amide bonds. The first-order valence-electron chi connectivity index (χ1n) is 8.40. The first-order valence-corrected chi connectivity index (χ1v) is 8.40. The number of nitrogen functional groups attached to an aromatic ring is 1. The van der Waals surface area contributed by atoms with Crippen molar-refractivity contribution >= 4 is 11.6 Å². The van der Waals surface area contributed by atoms with Crippen molar-refractivity contribution in [2.75, 3.05) is 25.4 Å². The molecule has 1 saturated heterocycles. The van der Waals surface area contributed by atoms with Crippen LogP contribution in [0.4, 0.5) is 10.1 Å². The van der Waals surface area contributed by atoms with E-state index >= 15 is 0 Å². The van der Waals surface area contributed by atoms with E-state index in [0.717, 1.165) is 11.4 Å². The average Bonchev–Trinajstić information content (AvgIpc) is 2.60. The number of aryl methyl sites for hydroxylation is 2. The van der Waals surface area contributed by atoms with Crippen LogP contribution >= 0.6 is 0 Å². The molecule has 0 saturated carbocycles. The van der Waals surface area contributed by atoms with Crippen molar-refractivity contribution < 1.29 is 13.9 Å². The molecular formula is C19H22FN3O2. The number of morpholine rings is 1. The highest BCUT2D eigenvalue weighted by Crippen LogP contribution is 2.23. The number of nitrogens with zero attached hydrogens (tertiary/aromatic N) is 2. The summed E-state index contributed by atoms with van der Waals surface area (Å²) >= 11 is 0. The number of rotatable bonds is 4. The summed E-state index contributed by atoms with van der Waals surface area (Å²) in [4.78, 5) is 18.7. The minimum Gasteiger partial charge on any atom is -0.399 e. The number of anilines is 1. The Hall–Kier alpha value is -2.47. The second kappa shape index (κ2) is 7.61. The van der Waals surface area contributed by atoms with Crippen molar-refractivity contribution in [1.82, 2.24) is 9.88 Å². The number of hydrogen-bond donors (Lipinski definition) is 1. The number of pyridine rings is 1. The monoisotopic (exact) mass is 343 g/mol. The molecule has 1 atom stereocenters. The van der Waals surface area contributed by atoms with E-state index in [9.17, 15) is 9.18 Å². The second-order valence-corrected chi connectivity index (χ2v) is 6.26. The number of carbonyl (C=O) groups excluding carboxylic acids is 1. The van der Waals surface area contributed by atoms with Gasteiger partial charge in [-0.3, -0.25) is 9.78 Å². The fourth-order valence-corrected chi connectivity index (χ4v) is 3.04. The second-order valence-electron chi connectivity index (χ2n) is 6.26. The van der Waals surface area contributed by atoms with Gasteiger partial charge in [-0.05, 0) is 37.1 Å². The van der Waals surface area contributed by atoms with E-state index in [1.54, 1.807) is 35.2 Å². The first kappa shape index (κ1) is 17.4. The number of aromatic nitrogens is 1. The van der Waals surface area contributed by atoms with Crippen LogP contribution in [0.2, 0.25) is 0 Å². The van der Waals surface area contributed by atoms with E-state index < -0.39 is 0 Å². The van der Waals surface area contributed by atoms with Gasteiger partial charge in [-0.25, -0.2) is 4.39 Å². The number of hydrogen-bond acceptors (Lipinski definition) is 4. The highest BCUT2D eigenvalue weighted by molar-refractivity contribution is 5.76. The molecule has 3 rings (SSSR count). The molecule has 2 heterocycles. The maximum Gasteiger partial charge on any atom is 0.223 e. The van der Waals surface area contributed by atoms with Gasteiger partial charge < -0.3 is 15.4 Å². The summed E-state index contributed by atoms with van der Waals surface area (Å²) in [6.45, 7) is 3.30. The fourth-order valence-electron chi connectivity index (χ4n) is 3.04. The minimum absolute atomic E-state index is 0.00261. The van der Waals surface area contributed by atoms with Gasteiger partial charge in [0, 0.05) is 24.3 Å². The first-order chi connectivity index (χ1) is 12.0. The van der Waals surface area contributed by atoms with E-state index in [1.807, 2.05) is 6.92 Å². The zero-order valence-corrected chi connectivity index (χ0v) is 14.2. The summed E-state index contributed by atoms with van der Waals surface area (Å²) in [5.74, 6) is -0.272. The quantitative estimate of drug-likeness (QED) is 0.927. The molecular weight excluding hydrogens is 321 g/mol. The lowest BCUT2D eigenvalue weighted by Gasteiger charge is -2.33. The minimum atomic E-state index is -0.284. The predicted molar refractivity (Wildman–Crippen MR) is 93.4 cm³/mol. The van der Waals surface area contributed by atoms with Crippen LogP contribution in [-0.2, 0) is 16.0 Å². The van der Waals surface area contributed by atoms with Gasteiger partial charge in [0.2, 0.25) is 5.91 Å². The summed E-state index contributed by atoms with van der Waals surface area (Å²) in [7, 11) is 0. The van der Waals surface area contributed by atoms with Crippen molar-refractivity contribution in [2.45, 2.75) is 25.9 Å². The number of halogens is 1. The van der Waals surface area contributed by atoms with Crippen molar-refractivity contribution in [2.24, 2.45) is 0 Å². The molecule has 25 heavy (non-hydrogen) atoms. The van der Waals surface area contributed by atoms with Crippen LogP contribution in [0.1, 0.15) is 29.5 Å². The van der Waals surface area contributed by atoms with Gasteiger partial charge in [0.25, 0.3) is 0 Å². The smallest absolute Gasteiger partial charge is 0.223 e. The van der Waals surface area contributed by atoms with E-state index in [2.05, 4.69) is 4.98 Å². The van der Waals surface area contributed by atoms with Crippen LogP contribution in [0, 0.1) is 12.7 Å². The molecule has 1 fully saturated rings. The van der Waals surface area contributed by atoms with Gasteiger partial charge in [-0.15, -0.1) is 0 Å². The highest BCUT2D eigenvalue weighted by Gasteiger charge is 2.26.